The zero-order valence-corrected chi connectivity index (χ0v) is 12.5. The molecule has 0 saturated heterocycles. The number of sulfonamides is 1. The summed E-state index contributed by atoms with van der Waals surface area (Å²) in [5.74, 6) is 0. The third-order valence-electron chi connectivity index (χ3n) is 3.37. The topological polar surface area (TPSA) is 79.3 Å². The lowest BCUT2D eigenvalue weighted by Gasteiger charge is -2.29. The molecule has 0 radical (unpaired) electrons. The molecule has 2 rings (SSSR count). The number of aliphatic hydroxyl groups excluding tert-OH is 1. The van der Waals surface area contributed by atoms with Gasteiger partial charge in [0.2, 0.25) is 10.0 Å². The van der Waals surface area contributed by atoms with E-state index >= 15 is 0 Å². The van der Waals surface area contributed by atoms with E-state index in [0.29, 0.717) is 5.39 Å². The fourth-order valence-electron chi connectivity index (χ4n) is 1.81. The van der Waals surface area contributed by atoms with Crippen molar-refractivity contribution in [1.82, 2.24) is 9.71 Å². The van der Waals surface area contributed by atoms with Crippen LogP contribution in [0.15, 0.2) is 41.6 Å². The number of nitrogens with zero attached hydrogens (tertiary/aromatic N) is 1. The van der Waals surface area contributed by atoms with E-state index in [1.165, 1.54) is 0 Å². The Balaban J connectivity index is 2.53. The Bertz CT molecular complexity index is 719. The Kier molecular flexibility index (Phi) is 3.82. The minimum Gasteiger partial charge on any atom is -0.391 e. The van der Waals surface area contributed by atoms with Crippen molar-refractivity contribution in [3.8, 4) is 0 Å². The van der Waals surface area contributed by atoms with E-state index in [2.05, 4.69) is 9.71 Å². The highest BCUT2D eigenvalue weighted by atomic mass is 32.2. The van der Waals surface area contributed by atoms with Gasteiger partial charge >= 0.3 is 0 Å². The number of rotatable bonds is 4. The maximum absolute atomic E-state index is 12.5. The minimum absolute atomic E-state index is 0.186. The van der Waals surface area contributed by atoms with Crippen LogP contribution in [0.25, 0.3) is 10.8 Å². The molecule has 0 bridgehead atoms. The van der Waals surface area contributed by atoms with Crippen LogP contribution < -0.4 is 4.72 Å². The molecule has 0 fully saturated rings. The van der Waals surface area contributed by atoms with Crippen LogP contribution in [0.5, 0.6) is 0 Å². The molecule has 5 nitrogen and oxygen atoms in total. The fourth-order valence-corrected chi connectivity index (χ4v) is 3.52. The molecule has 2 aromatic rings. The van der Waals surface area contributed by atoms with Crippen molar-refractivity contribution in [1.29, 1.82) is 0 Å². The molecule has 1 aromatic carbocycles. The maximum atomic E-state index is 12.5. The molecule has 0 saturated carbocycles. The third kappa shape index (κ3) is 2.82. The number of fused-ring (bicyclic) bond motifs is 1. The summed E-state index contributed by atoms with van der Waals surface area (Å²) in [5.41, 5.74) is -0.950. The molecule has 1 unspecified atom stereocenters. The standard InChI is InChI=1S/C14H18N2O3S/c1-10(17)14(2,3)16-20(18,19)13-6-4-5-11-9-15-8-7-12(11)13/h4-10,16-17H,1-3H3. The number of nitrogens with one attached hydrogen (secondary N) is 1. The van der Waals surface area contributed by atoms with E-state index in [0.717, 1.165) is 5.39 Å². The summed E-state index contributed by atoms with van der Waals surface area (Å²) < 4.78 is 27.6. The molecule has 0 aliphatic carbocycles. The van der Waals surface area contributed by atoms with Crippen molar-refractivity contribution < 1.29 is 13.5 Å². The van der Waals surface area contributed by atoms with Gasteiger partial charge in [-0.25, -0.2) is 13.1 Å². The van der Waals surface area contributed by atoms with Crippen LogP contribution in [0, 0.1) is 0 Å². The van der Waals surface area contributed by atoms with E-state index in [9.17, 15) is 13.5 Å². The number of pyridine rings is 1. The van der Waals surface area contributed by atoms with Gasteiger partial charge in [-0.3, -0.25) is 4.98 Å². The highest BCUT2D eigenvalue weighted by Gasteiger charge is 2.31. The predicted molar refractivity (Wildman–Crippen MR) is 77.8 cm³/mol. The monoisotopic (exact) mass is 294 g/mol. The summed E-state index contributed by atoms with van der Waals surface area (Å²) in [5, 5.41) is 11.0. The lowest BCUT2D eigenvalue weighted by molar-refractivity contribution is 0.111. The number of aromatic nitrogens is 1. The van der Waals surface area contributed by atoms with Gasteiger partial charge in [0, 0.05) is 23.2 Å². The first-order valence-electron chi connectivity index (χ1n) is 6.29. The van der Waals surface area contributed by atoms with E-state index in [1.54, 1.807) is 57.4 Å². The van der Waals surface area contributed by atoms with Crippen LogP contribution in [0.2, 0.25) is 0 Å². The van der Waals surface area contributed by atoms with Crippen LogP contribution in [0.4, 0.5) is 0 Å². The van der Waals surface area contributed by atoms with Crippen LogP contribution in [0.1, 0.15) is 20.8 Å². The summed E-state index contributed by atoms with van der Waals surface area (Å²) in [6.07, 6.45) is 2.36. The van der Waals surface area contributed by atoms with Crippen LogP contribution >= 0.6 is 0 Å². The second kappa shape index (κ2) is 5.12. The predicted octanol–water partition coefficient (Wildman–Crippen LogP) is 1.67. The Morgan fingerprint density at radius 2 is 2.00 bits per heavy atom. The smallest absolute Gasteiger partial charge is 0.241 e. The number of benzene rings is 1. The van der Waals surface area contributed by atoms with E-state index in [4.69, 9.17) is 0 Å². The molecule has 0 aliphatic heterocycles. The molecule has 2 N–H and O–H groups in total. The molecule has 108 valence electrons. The first-order valence-corrected chi connectivity index (χ1v) is 7.77. The first kappa shape index (κ1) is 14.9. The molecule has 1 aromatic heterocycles. The third-order valence-corrected chi connectivity index (χ3v) is 5.10. The van der Waals surface area contributed by atoms with Crippen molar-refractivity contribution >= 4 is 20.8 Å². The van der Waals surface area contributed by atoms with Gasteiger partial charge < -0.3 is 5.11 Å². The average molecular weight is 294 g/mol. The summed E-state index contributed by atoms with van der Waals surface area (Å²) in [4.78, 5) is 4.17. The summed E-state index contributed by atoms with van der Waals surface area (Å²) in [6.45, 7) is 4.83. The van der Waals surface area contributed by atoms with Crippen molar-refractivity contribution in [2.24, 2.45) is 0 Å². The molecule has 0 spiro atoms. The Morgan fingerprint density at radius 3 is 2.65 bits per heavy atom. The van der Waals surface area contributed by atoms with E-state index in [-0.39, 0.29) is 4.90 Å². The molecule has 20 heavy (non-hydrogen) atoms. The largest absolute Gasteiger partial charge is 0.391 e. The van der Waals surface area contributed by atoms with Crippen LogP contribution in [-0.2, 0) is 10.0 Å². The van der Waals surface area contributed by atoms with E-state index < -0.39 is 21.7 Å². The minimum atomic E-state index is -3.73. The first-order chi connectivity index (χ1) is 9.24. The summed E-state index contributed by atoms with van der Waals surface area (Å²) >= 11 is 0. The van der Waals surface area contributed by atoms with Crippen molar-refractivity contribution in [2.45, 2.75) is 37.3 Å². The number of aliphatic hydroxyl groups is 1. The molecule has 0 amide bonds. The fraction of sp³-hybridized carbons (Fsp3) is 0.357. The Hall–Kier alpha value is -1.50. The molecular formula is C14H18N2O3S. The van der Waals surface area contributed by atoms with Gasteiger partial charge in [0.05, 0.1) is 16.5 Å². The maximum Gasteiger partial charge on any atom is 0.241 e. The highest BCUT2D eigenvalue weighted by Crippen LogP contribution is 2.23. The van der Waals surface area contributed by atoms with Gasteiger partial charge in [-0.2, -0.15) is 0 Å². The van der Waals surface area contributed by atoms with E-state index in [1.807, 2.05) is 0 Å². The van der Waals surface area contributed by atoms with Gasteiger partial charge in [-0.05, 0) is 32.9 Å². The molecule has 1 heterocycles. The zero-order valence-electron chi connectivity index (χ0n) is 11.7. The van der Waals surface area contributed by atoms with Gasteiger partial charge in [-0.1, -0.05) is 12.1 Å². The van der Waals surface area contributed by atoms with Gasteiger partial charge in [-0.15, -0.1) is 0 Å². The molecule has 6 heteroatoms. The number of hydrogen-bond donors (Lipinski definition) is 2. The SMILES string of the molecule is CC(O)C(C)(C)NS(=O)(=O)c1cccc2cnccc12. The lowest BCUT2D eigenvalue weighted by Crippen LogP contribution is -2.50. The average Bonchev–Trinajstić information content (AvgIpc) is 2.36. The lowest BCUT2D eigenvalue weighted by atomic mass is 10.0. The second-order valence-corrected chi connectivity index (χ2v) is 7.01. The molecule has 0 aliphatic rings. The van der Waals surface area contributed by atoms with Crippen molar-refractivity contribution in [3.63, 3.8) is 0 Å². The van der Waals surface area contributed by atoms with Gasteiger partial charge in [0.15, 0.2) is 0 Å². The number of hydrogen-bond acceptors (Lipinski definition) is 4. The van der Waals surface area contributed by atoms with Crippen LogP contribution in [0.3, 0.4) is 0 Å². The van der Waals surface area contributed by atoms with Crippen molar-refractivity contribution in [3.05, 3.63) is 36.7 Å². The van der Waals surface area contributed by atoms with Crippen molar-refractivity contribution in [2.75, 3.05) is 0 Å². The Labute approximate surface area is 118 Å². The van der Waals surface area contributed by atoms with Gasteiger partial charge in [0.1, 0.15) is 0 Å². The molecule has 1 atom stereocenters. The Morgan fingerprint density at radius 1 is 1.30 bits per heavy atom. The highest BCUT2D eigenvalue weighted by molar-refractivity contribution is 7.89. The van der Waals surface area contributed by atoms with Gasteiger partial charge in [0.25, 0.3) is 0 Å². The zero-order chi connectivity index (χ0) is 15.0. The van der Waals surface area contributed by atoms with Crippen LogP contribution in [-0.4, -0.2) is 30.2 Å². The quantitative estimate of drug-likeness (QED) is 0.899. The summed E-state index contributed by atoms with van der Waals surface area (Å²) in [6, 6.07) is 6.69. The normalized spacial score (nSPS) is 14.4. The summed E-state index contributed by atoms with van der Waals surface area (Å²) in [7, 11) is -3.73. The second-order valence-electron chi connectivity index (χ2n) is 5.36. The molecular weight excluding hydrogens is 276 g/mol.